The molecule has 0 bridgehead atoms. The van der Waals surface area contributed by atoms with Gasteiger partial charge in [0.2, 0.25) is 10.0 Å². The Morgan fingerprint density at radius 3 is 2.47 bits per heavy atom. The molecule has 1 aliphatic heterocycles. The number of β-amino-alcohol motifs (C(OH)–C–C–N with tert-alkyl or cyclic N) is 1. The van der Waals surface area contributed by atoms with Crippen LogP contribution in [-0.2, 0) is 16.2 Å². The molecule has 1 saturated heterocycles. The maximum atomic E-state index is 13.2. The van der Waals surface area contributed by atoms with Gasteiger partial charge in [-0.15, -0.1) is 0 Å². The van der Waals surface area contributed by atoms with E-state index in [0.29, 0.717) is 6.20 Å². The van der Waals surface area contributed by atoms with Crippen molar-refractivity contribution in [3.8, 4) is 11.1 Å². The standard InChI is InChI=1S/C24H22F3N5O3S/c25-24(26,27)18-3-6-22(29-13-18)31-20-8-10-32(14-21(20)33)36(34,35)19-4-1-15(2-5-19)17-11-16-7-9-28-23(16)30-12-17/h1-7,9,11-13,20-21,33H,8,10,14H2,(H,28,30)(H,29,31)/t20-,21+/m1/s1. The predicted octanol–water partition coefficient (Wildman–Crippen LogP) is 3.88. The van der Waals surface area contributed by atoms with Crippen LogP contribution < -0.4 is 5.32 Å². The molecule has 12 heteroatoms. The Bertz CT molecular complexity index is 1470. The lowest BCUT2D eigenvalue weighted by molar-refractivity contribution is -0.137. The zero-order valence-corrected chi connectivity index (χ0v) is 19.6. The van der Waals surface area contributed by atoms with E-state index in [1.807, 2.05) is 12.1 Å². The van der Waals surface area contributed by atoms with Gasteiger partial charge in [-0.2, -0.15) is 17.5 Å². The first-order valence-corrected chi connectivity index (χ1v) is 12.6. The van der Waals surface area contributed by atoms with E-state index in [0.717, 1.165) is 28.2 Å². The summed E-state index contributed by atoms with van der Waals surface area (Å²) in [6.45, 7) is -0.0238. The lowest BCUT2D eigenvalue weighted by Crippen LogP contribution is -2.51. The van der Waals surface area contributed by atoms with Crippen LogP contribution in [0.5, 0.6) is 0 Å². The molecule has 188 valence electrons. The molecular formula is C24H22F3N5O3S. The summed E-state index contributed by atoms with van der Waals surface area (Å²) in [6.07, 6.45) is -1.09. The van der Waals surface area contributed by atoms with Crippen molar-refractivity contribution in [2.24, 2.45) is 0 Å². The summed E-state index contributed by atoms with van der Waals surface area (Å²) < 4.78 is 65.7. The number of halogens is 3. The van der Waals surface area contributed by atoms with E-state index < -0.39 is 33.9 Å². The number of hydrogen-bond acceptors (Lipinski definition) is 6. The van der Waals surface area contributed by atoms with Crippen molar-refractivity contribution in [2.45, 2.75) is 29.6 Å². The van der Waals surface area contributed by atoms with Gasteiger partial charge in [0.15, 0.2) is 0 Å². The number of aliphatic hydroxyl groups is 1. The second kappa shape index (κ2) is 9.19. The molecule has 1 aliphatic rings. The van der Waals surface area contributed by atoms with Crippen LogP contribution in [-0.4, -0.2) is 58.0 Å². The number of nitrogens with one attached hydrogen (secondary N) is 2. The first-order valence-electron chi connectivity index (χ1n) is 11.1. The first kappa shape index (κ1) is 24.2. The van der Waals surface area contributed by atoms with Crippen molar-refractivity contribution in [2.75, 3.05) is 18.4 Å². The van der Waals surface area contributed by atoms with E-state index in [1.165, 1.54) is 22.5 Å². The summed E-state index contributed by atoms with van der Waals surface area (Å²) in [5.74, 6) is 0.172. The molecule has 4 aromatic rings. The zero-order valence-electron chi connectivity index (χ0n) is 18.8. The number of hydrogen-bond donors (Lipinski definition) is 3. The number of alkyl halides is 3. The van der Waals surface area contributed by atoms with Crippen LogP contribution in [0.15, 0.2) is 72.0 Å². The Hall–Kier alpha value is -3.48. The minimum atomic E-state index is -4.49. The molecule has 8 nitrogen and oxygen atoms in total. The van der Waals surface area contributed by atoms with Crippen LogP contribution in [0.25, 0.3) is 22.2 Å². The minimum absolute atomic E-state index is 0.102. The molecule has 1 fully saturated rings. The van der Waals surface area contributed by atoms with Crippen molar-refractivity contribution < 1.29 is 26.7 Å². The van der Waals surface area contributed by atoms with Gasteiger partial charge in [0, 0.05) is 42.6 Å². The highest BCUT2D eigenvalue weighted by atomic mass is 32.2. The van der Waals surface area contributed by atoms with Crippen molar-refractivity contribution in [1.29, 1.82) is 0 Å². The molecule has 0 spiro atoms. The van der Waals surface area contributed by atoms with Crippen LogP contribution >= 0.6 is 0 Å². The van der Waals surface area contributed by atoms with Crippen molar-refractivity contribution >= 4 is 26.9 Å². The van der Waals surface area contributed by atoms with Gasteiger partial charge in [-0.3, -0.25) is 0 Å². The van der Waals surface area contributed by atoms with Crippen LogP contribution in [0.2, 0.25) is 0 Å². The molecule has 0 radical (unpaired) electrons. The largest absolute Gasteiger partial charge is 0.417 e. The number of sulfonamides is 1. The van der Waals surface area contributed by atoms with Gasteiger partial charge >= 0.3 is 6.18 Å². The number of aromatic nitrogens is 3. The highest BCUT2D eigenvalue weighted by Gasteiger charge is 2.35. The number of benzene rings is 1. The summed E-state index contributed by atoms with van der Waals surface area (Å²) in [6, 6.07) is 11.9. The number of aliphatic hydroxyl groups excluding tert-OH is 1. The summed E-state index contributed by atoms with van der Waals surface area (Å²) in [4.78, 5) is 11.2. The quantitative estimate of drug-likeness (QED) is 0.371. The molecule has 0 saturated carbocycles. The highest BCUT2D eigenvalue weighted by Crippen LogP contribution is 2.30. The summed E-state index contributed by atoms with van der Waals surface area (Å²) in [5, 5.41) is 14.4. The lowest BCUT2D eigenvalue weighted by atomic mass is 10.0. The fourth-order valence-corrected chi connectivity index (χ4v) is 5.67. The van der Waals surface area contributed by atoms with E-state index in [9.17, 15) is 26.7 Å². The third kappa shape index (κ3) is 4.79. The number of H-pyrrole nitrogens is 1. The van der Waals surface area contributed by atoms with Gasteiger partial charge in [-0.1, -0.05) is 12.1 Å². The summed E-state index contributed by atoms with van der Waals surface area (Å²) in [5.41, 5.74) is 1.56. The number of piperidine rings is 1. The average Bonchev–Trinajstić information content (AvgIpc) is 3.33. The first-order chi connectivity index (χ1) is 17.1. The molecule has 1 aromatic carbocycles. The van der Waals surface area contributed by atoms with E-state index in [-0.39, 0.29) is 30.2 Å². The number of anilines is 1. The van der Waals surface area contributed by atoms with Gasteiger partial charge in [0.25, 0.3) is 0 Å². The second-order valence-electron chi connectivity index (χ2n) is 8.56. The second-order valence-corrected chi connectivity index (χ2v) is 10.5. The van der Waals surface area contributed by atoms with Gasteiger partial charge in [-0.05, 0) is 48.4 Å². The molecule has 36 heavy (non-hydrogen) atoms. The maximum absolute atomic E-state index is 13.2. The van der Waals surface area contributed by atoms with E-state index in [2.05, 4.69) is 20.3 Å². The SMILES string of the molecule is O=S(=O)(c1ccc(-c2cnc3[nH]ccc3c2)cc1)N1CC[C@@H](Nc2ccc(C(F)(F)F)cn2)[C@@H](O)C1. The smallest absolute Gasteiger partial charge is 0.390 e. The van der Waals surface area contributed by atoms with Crippen molar-refractivity contribution in [1.82, 2.24) is 19.3 Å². The third-order valence-corrected chi connectivity index (χ3v) is 8.07. The number of rotatable bonds is 5. The maximum Gasteiger partial charge on any atom is 0.417 e. The summed E-state index contributed by atoms with van der Waals surface area (Å²) >= 11 is 0. The fraction of sp³-hybridized carbons (Fsp3) is 0.250. The van der Waals surface area contributed by atoms with Crippen LogP contribution in [0, 0.1) is 0 Å². The number of aromatic amines is 1. The van der Waals surface area contributed by atoms with Crippen molar-refractivity contribution in [3.63, 3.8) is 0 Å². The number of nitrogens with zero attached hydrogens (tertiary/aromatic N) is 3. The molecule has 0 amide bonds. The van der Waals surface area contributed by atoms with E-state index in [1.54, 1.807) is 24.5 Å². The van der Waals surface area contributed by atoms with E-state index in [4.69, 9.17) is 0 Å². The molecule has 0 aliphatic carbocycles. The Balaban J connectivity index is 1.25. The molecule has 2 atom stereocenters. The van der Waals surface area contributed by atoms with Gasteiger partial charge in [-0.25, -0.2) is 18.4 Å². The zero-order chi connectivity index (χ0) is 25.5. The van der Waals surface area contributed by atoms with E-state index >= 15 is 0 Å². The van der Waals surface area contributed by atoms with Gasteiger partial charge in [0.05, 0.1) is 22.6 Å². The van der Waals surface area contributed by atoms with Gasteiger partial charge < -0.3 is 15.4 Å². The minimum Gasteiger partial charge on any atom is -0.390 e. The fourth-order valence-electron chi connectivity index (χ4n) is 4.19. The molecule has 3 N–H and O–H groups in total. The Morgan fingerprint density at radius 2 is 1.81 bits per heavy atom. The van der Waals surface area contributed by atoms with Crippen LogP contribution in [0.3, 0.4) is 0 Å². The molecule has 5 rings (SSSR count). The van der Waals surface area contributed by atoms with Crippen molar-refractivity contribution in [3.05, 3.63) is 72.7 Å². The molecular weight excluding hydrogens is 495 g/mol. The predicted molar refractivity (Wildman–Crippen MR) is 128 cm³/mol. The topological polar surface area (TPSA) is 111 Å². The average molecular weight is 518 g/mol. The molecule has 0 unspecified atom stereocenters. The normalized spacial score (nSPS) is 19.4. The van der Waals surface area contributed by atoms with Crippen LogP contribution in [0.4, 0.5) is 19.0 Å². The summed E-state index contributed by atoms with van der Waals surface area (Å²) in [7, 11) is -3.85. The number of fused-ring (bicyclic) bond motifs is 1. The Kier molecular flexibility index (Phi) is 6.18. The third-order valence-electron chi connectivity index (χ3n) is 6.19. The Labute approximate surface area is 204 Å². The number of pyridine rings is 2. The van der Waals surface area contributed by atoms with Gasteiger partial charge in [0.1, 0.15) is 11.5 Å². The Morgan fingerprint density at radius 1 is 1.03 bits per heavy atom. The molecule has 4 heterocycles. The monoisotopic (exact) mass is 517 g/mol. The highest BCUT2D eigenvalue weighted by molar-refractivity contribution is 7.89. The lowest BCUT2D eigenvalue weighted by Gasteiger charge is -2.35. The molecule has 3 aromatic heterocycles. The van der Waals surface area contributed by atoms with Crippen LogP contribution in [0.1, 0.15) is 12.0 Å².